The Morgan fingerprint density at radius 3 is 2.69 bits per heavy atom. The van der Waals surface area contributed by atoms with Gasteiger partial charge in [-0.25, -0.2) is 0 Å². The molecule has 1 N–H and O–H groups in total. The zero-order valence-electron chi connectivity index (χ0n) is 9.99. The number of hydrogen-bond acceptors (Lipinski definition) is 1. The average Bonchev–Trinajstić information content (AvgIpc) is 3.10. The van der Waals surface area contributed by atoms with Gasteiger partial charge in [0, 0.05) is 5.92 Å². The summed E-state index contributed by atoms with van der Waals surface area (Å²) in [5.41, 5.74) is 2.50. The van der Waals surface area contributed by atoms with Gasteiger partial charge in [-0.2, -0.15) is 0 Å². The van der Waals surface area contributed by atoms with E-state index in [0.717, 1.165) is 19.3 Å². The number of rotatable bonds is 4. The minimum absolute atomic E-state index is 0.175. The lowest BCUT2D eigenvalue weighted by Crippen LogP contribution is -2.29. The number of benzene rings is 1. The van der Waals surface area contributed by atoms with E-state index in [0.29, 0.717) is 0 Å². The summed E-state index contributed by atoms with van der Waals surface area (Å²) in [4.78, 5) is 11.7. The second-order valence-corrected chi connectivity index (χ2v) is 4.60. The van der Waals surface area contributed by atoms with Gasteiger partial charge in [-0.3, -0.25) is 4.79 Å². The first-order valence-corrected chi connectivity index (χ1v) is 6.08. The molecule has 2 rings (SSSR count). The van der Waals surface area contributed by atoms with Gasteiger partial charge in [0.2, 0.25) is 5.91 Å². The third kappa shape index (κ3) is 2.43. The van der Waals surface area contributed by atoms with Crippen molar-refractivity contribution in [1.82, 2.24) is 5.32 Å². The first-order chi connectivity index (χ1) is 7.72. The lowest BCUT2D eigenvalue weighted by molar-refractivity contribution is -0.123. The second kappa shape index (κ2) is 4.69. The molecule has 1 aromatic carbocycles. The van der Waals surface area contributed by atoms with E-state index in [-0.39, 0.29) is 17.9 Å². The fourth-order valence-electron chi connectivity index (χ4n) is 2.01. The SMILES string of the molecule is CC[C@H](NC(=O)C1CC1)c1ccccc1C. The fraction of sp³-hybridized carbons (Fsp3) is 0.500. The molecule has 1 amide bonds. The maximum Gasteiger partial charge on any atom is 0.223 e. The first-order valence-electron chi connectivity index (χ1n) is 6.08. The Labute approximate surface area is 97.1 Å². The van der Waals surface area contributed by atoms with Crippen LogP contribution >= 0.6 is 0 Å². The van der Waals surface area contributed by atoms with Gasteiger partial charge < -0.3 is 5.32 Å². The molecular formula is C14H19NO. The molecule has 0 unspecified atom stereocenters. The van der Waals surface area contributed by atoms with Gasteiger partial charge in [-0.1, -0.05) is 31.2 Å². The Morgan fingerprint density at radius 2 is 2.12 bits per heavy atom. The summed E-state index contributed by atoms with van der Waals surface area (Å²) in [5.74, 6) is 0.521. The Bertz CT molecular complexity index is 382. The van der Waals surface area contributed by atoms with E-state index < -0.39 is 0 Å². The van der Waals surface area contributed by atoms with E-state index in [1.54, 1.807) is 0 Å². The van der Waals surface area contributed by atoms with E-state index in [4.69, 9.17) is 0 Å². The van der Waals surface area contributed by atoms with Gasteiger partial charge in [-0.15, -0.1) is 0 Å². The van der Waals surface area contributed by atoms with Crippen molar-refractivity contribution in [2.45, 2.75) is 39.2 Å². The third-order valence-electron chi connectivity index (χ3n) is 3.24. The highest BCUT2D eigenvalue weighted by molar-refractivity contribution is 5.81. The summed E-state index contributed by atoms with van der Waals surface area (Å²) in [5, 5.41) is 3.15. The van der Waals surface area contributed by atoms with E-state index in [9.17, 15) is 4.79 Å². The maximum atomic E-state index is 11.7. The number of aryl methyl sites for hydroxylation is 1. The summed E-state index contributed by atoms with van der Waals surface area (Å²) in [7, 11) is 0. The van der Waals surface area contributed by atoms with Crippen LogP contribution in [0.3, 0.4) is 0 Å². The van der Waals surface area contributed by atoms with Crippen LogP contribution in [0.4, 0.5) is 0 Å². The largest absolute Gasteiger partial charge is 0.349 e. The summed E-state index contributed by atoms with van der Waals surface area (Å²) in [6.07, 6.45) is 3.08. The van der Waals surface area contributed by atoms with Crippen LogP contribution in [0.25, 0.3) is 0 Å². The molecule has 2 heteroatoms. The van der Waals surface area contributed by atoms with Crippen molar-refractivity contribution in [3.8, 4) is 0 Å². The Morgan fingerprint density at radius 1 is 1.44 bits per heavy atom. The highest BCUT2D eigenvalue weighted by atomic mass is 16.2. The van der Waals surface area contributed by atoms with Crippen LogP contribution in [0, 0.1) is 12.8 Å². The molecule has 0 spiro atoms. The van der Waals surface area contributed by atoms with Gasteiger partial charge in [0.1, 0.15) is 0 Å². The van der Waals surface area contributed by atoms with Gasteiger partial charge in [0.25, 0.3) is 0 Å². The molecule has 0 bridgehead atoms. The van der Waals surface area contributed by atoms with Crippen LogP contribution < -0.4 is 5.32 Å². The van der Waals surface area contributed by atoms with Crippen molar-refractivity contribution >= 4 is 5.91 Å². The monoisotopic (exact) mass is 217 g/mol. The molecule has 1 aliphatic carbocycles. The summed E-state index contributed by atoms with van der Waals surface area (Å²) in [6.45, 7) is 4.21. The van der Waals surface area contributed by atoms with Crippen LogP contribution in [-0.4, -0.2) is 5.91 Å². The summed E-state index contributed by atoms with van der Waals surface area (Å²) >= 11 is 0. The molecule has 0 aliphatic heterocycles. The lowest BCUT2D eigenvalue weighted by Gasteiger charge is -2.19. The van der Waals surface area contributed by atoms with Gasteiger partial charge in [-0.05, 0) is 37.3 Å². The average molecular weight is 217 g/mol. The van der Waals surface area contributed by atoms with Crippen LogP contribution in [0.1, 0.15) is 43.4 Å². The predicted molar refractivity (Wildman–Crippen MR) is 65.1 cm³/mol. The van der Waals surface area contributed by atoms with Gasteiger partial charge in [0.05, 0.1) is 6.04 Å². The molecule has 0 heterocycles. The van der Waals surface area contributed by atoms with E-state index in [1.807, 2.05) is 12.1 Å². The molecular weight excluding hydrogens is 198 g/mol. The summed E-state index contributed by atoms with van der Waals surface area (Å²) in [6, 6.07) is 8.45. The minimum atomic E-state index is 0.175. The molecule has 0 radical (unpaired) electrons. The van der Waals surface area contributed by atoms with E-state index >= 15 is 0 Å². The van der Waals surface area contributed by atoms with Crippen molar-refractivity contribution in [3.05, 3.63) is 35.4 Å². The Kier molecular flexibility index (Phi) is 3.28. The molecule has 2 nitrogen and oxygen atoms in total. The number of amides is 1. The zero-order valence-corrected chi connectivity index (χ0v) is 9.99. The lowest BCUT2D eigenvalue weighted by atomic mass is 9.99. The Hall–Kier alpha value is -1.31. The van der Waals surface area contributed by atoms with Crippen molar-refractivity contribution < 1.29 is 4.79 Å². The minimum Gasteiger partial charge on any atom is -0.349 e. The standard InChI is InChI=1S/C14H19NO/c1-3-13(15-14(16)11-8-9-11)12-7-5-4-6-10(12)2/h4-7,11,13H,3,8-9H2,1-2H3,(H,15,16)/t13-/m0/s1. The molecule has 1 fully saturated rings. The van der Waals surface area contributed by atoms with Crippen molar-refractivity contribution in [1.29, 1.82) is 0 Å². The molecule has 86 valence electrons. The molecule has 16 heavy (non-hydrogen) atoms. The van der Waals surface area contributed by atoms with Crippen LogP contribution in [0.2, 0.25) is 0 Å². The van der Waals surface area contributed by atoms with E-state index in [1.165, 1.54) is 11.1 Å². The molecule has 1 saturated carbocycles. The molecule has 0 aromatic heterocycles. The molecule has 1 aromatic rings. The van der Waals surface area contributed by atoms with Gasteiger partial charge in [0.15, 0.2) is 0 Å². The summed E-state index contributed by atoms with van der Waals surface area (Å²) < 4.78 is 0. The maximum absolute atomic E-state index is 11.7. The van der Waals surface area contributed by atoms with Crippen molar-refractivity contribution in [2.24, 2.45) is 5.92 Å². The van der Waals surface area contributed by atoms with Gasteiger partial charge >= 0.3 is 0 Å². The normalized spacial score (nSPS) is 16.9. The topological polar surface area (TPSA) is 29.1 Å². The molecule has 1 atom stereocenters. The first kappa shape index (κ1) is 11.2. The second-order valence-electron chi connectivity index (χ2n) is 4.60. The fourth-order valence-corrected chi connectivity index (χ4v) is 2.01. The van der Waals surface area contributed by atoms with Crippen LogP contribution in [0.15, 0.2) is 24.3 Å². The van der Waals surface area contributed by atoms with Crippen molar-refractivity contribution in [3.63, 3.8) is 0 Å². The molecule has 0 saturated heterocycles. The van der Waals surface area contributed by atoms with Crippen LogP contribution in [-0.2, 0) is 4.79 Å². The quantitative estimate of drug-likeness (QED) is 0.825. The smallest absolute Gasteiger partial charge is 0.223 e. The van der Waals surface area contributed by atoms with E-state index in [2.05, 4.69) is 31.3 Å². The number of nitrogens with one attached hydrogen (secondary N) is 1. The number of carbonyl (C=O) groups excluding carboxylic acids is 1. The highest BCUT2D eigenvalue weighted by Gasteiger charge is 2.30. The number of carbonyl (C=O) groups is 1. The van der Waals surface area contributed by atoms with Crippen LogP contribution in [0.5, 0.6) is 0 Å². The zero-order chi connectivity index (χ0) is 11.5. The number of hydrogen-bond donors (Lipinski definition) is 1. The molecule has 1 aliphatic rings. The van der Waals surface area contributed by atoms with Crippen molar-refractivity contribution in [2.75, 3.05) is 0 Å². The Balaban J connectivity index is 2.09. The third-order valence-corrected chi connectivity index (χ3v) is 3.24. The predicted octanol–water partition coefficient (Wildman–Crippen LogP) is 2.97. The highest BCUT2D eigenvalue weighted by Crippen LogP contribution is 2.30.